The van der Waals surface area contributed by atoms with Crippen molar-refractivity contribution in [3.05, 3.63) is 23.5 Å². The molecule has 14 heavy (non-hydrogen) atoms. The summed E-state index contributed by atoms with van der Waals surface area (Å²) in [5.41, 5.74) is 0.182. The molecule has 0 unspecified atom stereocenters. The second-order valence-electron chi connectivity index (χ2n) is 2.82. The fourth-order valence-corrected chi connectivity index (χ4v) is 0.987. The average molecular weight is 207 g/mol. The van der Waals surface area contributed by atoms with Crippen molar-refractivity contribution < 1.29 is 23.1 Å². The third-order valence-electron chi connectivity index (χ3n) is 1.65. The first-order valence-electron chi connectivity index (χ1n) is 3.86. The van der Waals surface area contributed by atoms with E-state index in [0.29, 0.717) is 0 Å². The van der Waals surface area contributed by atoms with Crippen LogP contribution in [0.25, 0.3) is 0 Å². The number of alkyl halides is 3. The molecule has 0 radical (unpaired) electrons. The predicted octanol–water partition coefficient (Wildman–Crippen LogP) is 2.21. The van der Waals surface area contributed by atoms with Gasteiger partial charge in [0.1, 0.15) is 5.69 Å². The molecule has 0 fully saturated rings. The Morgan fingerprint density at radius 2 is 2.07 bits per heavy atom. The molecule has 6 heteroatoms. The van der Waals surface area contributed by atoms with Crippen LogP contribution in [0.5, 0.6) is 0 Å². The standard InChI is InChI=1S/C8H8F3NO2/c9-8(10,11)4-3-5-1-2-6(12-5)7(13)14/h1-2,12H,3-4H2,(H,13,14). The zero-order valence-electron chi connectivity index (χ0n) is 7.06. The van der Waals surface area contributed by atoms with E-state index in [4.69, 9.17) is 5.11 Å². The summed E-state index contributed by atoms with van der Waals surface area (Å²) < 4.78 is 35.3. The first-order chi connectivity index (χ1) is 6.38. The molecular weight excluding hydrogens is 199 g/mol. The maximum atomic E-state index is 11.8. The van der Waals surface area contributed by atoms with E-state index in [9.17, 15) is 18.0 Å². The Balaban J connectivity index is 2.56. The maximum Gasteiger partial charge on any atom is 0.389 e. The fraction of sp³-hybridized carbons (Fsp3) is 0.375. The van der Waals surface area contributed by atoms with Crippen LogP contribution in [0.15, 0.2) is 12.1 Å². The minimum Gasteiger partial charge on any atom is -0.477 e. The van der Waals surface area contributed by atoms with Crippen LogP contribution >= 0.6 is 0 Å². The fourth-order valence-electron chi connectivity index (χ4n) is 0.987. The highest BCUT2D eigenvalue weighted by Gasteiger charge is 2.26. The van der Waals surface area contributed by atoms with E-state index in [-0.39, 0.29) is 17.8 Å². The lowest BCUT2D eigenvalue weighted by Crippen LogP contribution is -2.08. The lowest BCUT2D eigenvalue weighted by Gasteiger charge is -2.03. The second-order valence-corrected chi connectivity index (χ2v) is 2.82. The van der Waals surface area contributed by atoms with Crippen molar-refractivity contribution in [2.24, 2.45) is 0 Å². The van der Waals surface area contributed by atoms with Crippen LogP contribution in [0.1, 0.15) is 22.6 Å². The van der Waals surface area contributed by atoms with Crippen molar-refractivity contribution in [1.29, 1.82) is 0 Å². The SMILES string of the molecule is O=C(O)c1ccc(CCC(F)(F)F)[nH]1. The molecule has 2 N–H and O–H groups in total. The van der Waals surface area contributed by atoms with Gasteiger partial charge in [-0.2, -0.15) is 13.2 Å². The van der Waals surface area contributed by atoms with Gasteiger partial charge in [0.25, 0.3) is 0 Å². The van der Waals surface area contributed by atoms with Crippen molar-refractivity contribution in [3.63, 3.8) is 0 Å². The zero-order valence-corrected chi connectivity index (χ0v) is 7.06. The highest BCUT2D eigenvalue weighted by Crippen LogP contribution is 2.21. The number of carboxylic acids is 1. The number of aromatic carboxylic acids is 1. The van der Waals surface area contributed by atoms with Gasteiger partial charge in [0, 0.05) is 12.1 Å². The molecule has 0 amide bonds. The van der Waals surface area contributed by atoms with Gasteiger partial charge >= 0.3 is 12.1 Å². The molecule has 0 aliphatic carbocycles. The first kappa shape index (κ1) is 10.6. The van der Waals surface area contributed by atoms with Crippen molar-refractivity contribution in [2.75, 3.05) is 0 Å². The van der Waals surface area contributed by atoms with Gasteiger partial charge in [-0.15, -0.1) is 0 Å². The monoisotopic (exact) mass is 207 g/mol. The second kappa shape index (κ2) is 3.73. The van der Waals surface area contributed by atoms with Crippen molar-refractivity contribution in [2.45, 2.75) is 19.0 Å². The van der Waals surface area contributed by atoms with Crippen LogP contribution in [0.4, 0.5) is 13.2 Å². The van der Waals surface area contributed by atoms with Crippen LogP contribution in [-0.2, 0) is 6.42 Å². The summed E-state index contributed by atoms with van der Waals surface area (Å²) in [4.78, 5) is 12.7. The number of rotatable bonds is 3. The minimum absolute atomic E-state index is 0.0952. The third kappa shape index (κ3) is 3.12. The summed E-state index contributed by atoms with van der Waals surface area (Å²) in [5, 5.41) is 8.47. The lowest BCUT2D eigenvalue weighted by molar-refractivity contribution is -0.134. The van der Waals surface area contributed by atoms with Crippen LogP contribution < -0.4 is 0 Å². The van der Waals surface area contributed by atoms with Crippen molar-refractivity contribution >= 4 is 5.97 Å². The molecule has 0 aliphatic heterocycles. The van der Waals surface area contributed by atoms with E-state index in [2.05, 4.69) is 4.98 Å². The van der Waals surface area contributed by atoms with E-state index in [1.165, 1.54) is 12.1 Å². The molecule has 1 rings (SSSR count). The molecule has 1 heterocycles. The molecule has 0 bridgehead atoms. The topological polar surface area (TPSA) is 53.1 Å². The van der Waals surface area contributed by atoms with Gasteiger partial charge in [-0.25, -0.2) is 4.79 Å². The van der Waals surface area contributed by atoms with E-state index in [0.717, 1.165) is 0 Å². The highest BCUT2D eigenvalue weighted by molar-refractivity contribution is 5.85. The van der Waals surface area contributed by atoms with Gasteiger partial charge in [0.15, 0.2) is 0 Å². The molecule has 0 saturated heterocycles. The predicted molar refractivity (Wildman–Crippen MR) is 42.1 cm³/mol. The number of aryl methyl sites for hydroxylation is 1. The van der Waals surface area contributed by atoms with Gasteiger partial charge in [-0.3, -0.25) is 0 Å². The number of H-pyrrole nitrogens is 1. The Labute approximate surface area is 77.6 Å². The number of carbonyl (C=O) groups is 1. The molecular formula is C8H8F3NO2. The number of halogens is 3. The van der Waals surface area contributed by atoms with Gasteiger partial charge in [-0.05, 0) is 18.6 Å². The van der Waals surface area contributed by atoms with Crippen molar-refractivity contribution in [1.82, 2.24) is 4.98 Å². The van der Waals surface area contributed by atoms with Crippen LogP contribution in [0.3, 0.4) is 0 Å². The number of nitrogens with one attached hydrogen (secondary N) is 1. The summed E-state index contributed by atoms with van der Waals surface area (Å²) in [7, 11) is 0. The average Bonchev–Trinajstić information content (AvgIpc) is 2.47. The maximum absolute atomic E-state index is 11.8. The Morgan fingerprint density at radius 3 is 2.50 bits per heavy atom. The van der Waals surface area contributed by atoms with E-state index < -0.39 is 18.6 Å². The first-order valence-corrected chi connectivity index (χ1v) is 3.86. The van der Waals surface area contributed by atoms with Gasteiger partial charge in [0.05, 0.1) is 0 Å². The Hall–Kier alpha value is -1.46. The summed E-state index contributed by atoms with van der Waals surface area (Å²) in [6, 6.07) is 2.59. The van der Waals surface area contributed by atoms with E-state index >= 15 is 0 Å². The molecule has 0 aliphatic rings. The number of carboxylic acid groups (broad SMARTS) is 1. The highest BCUT2D eigenvalue weighted by atomic mass is 19.4. The summed E-state index contributed by atoms with van der Waals surface area (Å²) >= 11 is 0. The third-order valence-corrected chi connectivity index (χ3v) is 1.65. The molecule has 0 aromatic carbocycles. The Bertz CT molecular complexity index is 330. The summed E-state index contributed by atoms with van der Waals surface area (Å²) in [5.74, 6) is -1.18. The molecule has 78 valence electrons. The quantitative estimate of drug-likeness (QED) is 0.798. The number of aromatic nitrogens is 1. The van der Waals surface area contributed by atoms with Crippen LogP contribution in [0, 0.1) is 0 Å². The number of hydrogen-bond donors (Lipinski definition) is 2. The van der Waals surface area contributed by atoms with Crippen LogP contribution in [0.2, 0.25) is 0 Å². The molecule has 1 aromatic rings. The molecule has 0 saturated carbocycles. The summed E-state index contributed by atoms with van der Waals surface area (Å²) in [6.45, 7) is 0. The normalized spacial score (nSPS) is 11.6. The molecule has 1 aromatic heterocycles. The largest absolute Gasteiger partial charge is 0.477 e. The van der Waals surface area contributed by atoms with Gasteiger partial charge in [-0.1, -0.05) is 0 Å². The number of hydrogen-bond acceptors (Lipinski definition) is 1. The van der Waals surface area contributed by atoms with Gasteiger partial charge < -0.3 is 10.1 Å². The van der Waals surface area contributed by atoms with E-state index in [1.807, 2.05) is 0 Å². The van der Waals surface area contributed by atoms with E-state index in [1.54, 1.807) is 0 Å². The van der Waals surface area contributed by atoms with Crippen molar-refractivity contribution in [3.8, 4) is 0 Å². The Kier molecular flexibility index (Phi) is 2.83. The molecule has 0 atom stereocenters. The molecule has 0 spiro atoms. The Morgan fingerprint density at radius 1 is 1.43 bits per heavy atom. The zero-order chi connectivity index (χ0) is 10.8. The van der Waals surface area contributed by atoms with Crippen LogP contribution in [-0.4, -0.2) is 22.2 Å². The van der Waals surface area contributed by atoms with Gasteiger partial charge in [0.2, 0.25) is 0 Å². The smallest absolute Gasteiger partial charge is 0.389 e. The summed E-state index contributed by atoms with van der Waals surface area (Å²) in [6.07, 6.45) is -5.39. The minimum atomic E-state index is -4.21. The molecule has 3 nitrogen and oxygen atoms in total. The lowest BCUT2D eigenvalue weighted by atomic mass is 10.2. The number of aromatic amines is 1.